The van der Waals surface area contributed by atoms with Crippen LogP contribution in [0.1, 0.15) is 88.4 Å². The molecule has 3 heterocycles. The van der Waals surface area contributed by atoms with Crippen LogP contribution in [-0.2, 0) is 0 Å². The van der Waals surface area contributed by atoms with E-state index in [0.717, 1.165) is 11.3 Å². The van der Waals surface area contributed by atoms with Gasteiger partial charge in [0.25, 0.3) is 6.43 Å². The summed E-state index contributed by atoms with van der Waals surface area (Å²) in [5, 5.41) is 0. The average Bonchev–Trinajstić information content (AvgIpc) is 2.84. The lowest BCUT2D eigenvalue weighted by atomic mass is 10.1. The van der Waals surface area contributed by atoms with Crippen LogP contribution >= 0.6 is 0 Å². The molecule has 0 bridgehead atoms. The van der Waals surface area contributed by atoms with Crippen molar-refractivity contribution in [3.8, 4) is 11.8 Å². The topological polar surface area (TPSA) is 57.1 Å². The number of hydrogen-bond acceptors (Lipinski definition) is 5. The first-order valence-corrected chi connectivity index (χ1v) is 12.0. The Kier molecular flexibility index (Phi) is 13.6. The molecule has 0 radical (unpaired) electrons. The standard InChI is InChI=1S/C9H10F3NO.C9H11F2NO.C9H11F2N/c1-6(2)7-3-4-8(13-5-7)14-9(10,11)12;1-6(2)7-4-3-5-8(12-7)13-9(10)11;1-6(2)7-4-3-5-8(12-7)9(10)11/h3-6H,1-2H3;3-6,9H,1-2H3;3-6,9H,1-2H3. The molecule has 0 unspecified atom stereocenters. The molecule has 0 aromatic carbocycles. The maximum atomic E-state index is 12.1. The van der Waals surface area contributed by atoms with Gasteiger partial charge in [-0.3, -0.25) is 4.98 Å². The number of aromatic nitrogens is 3. The molecule has 0 saturated heterocycles. The molecule has 0 aliphatic heterocycles. The molecule has 0 N–H and O–H groups in total. The Balaban J connectivity index is 0.000000293. The van der Waals surface area contributed by atoms with E-state index >= 15 is 0 Å². The number of alkyl halides is 7. The van der Waals surface area contributed by atoms with Crippen molar-refractivity contribution in [2.75, 3.05) is 0 Å². The summed E-state index contributed by atoms with van der Waals surface area (Å²) < 4.78 is 90.9. The van der Waals surface area contributed by atoms with Gasteiger partial charge in [0.15, 0.2) is 0 Å². The second-order valence-electron chi connectivity index (χ2n) is 9.01. The van der Waals surface area contributed by atoms with Crippen molar-refractivity contribution in [3.05, 3.63) is 77.4 Å². The summed E-state index contributed by atoms with van der Waals surface area (Å²) in [6.07, 6.45) is -5.76. The highest BCUT2D eigenvalue weighted by molar-refractivity contribution is 5.20. The van der Waals surface area contributed by atoms with E-state index < -0.39 is 25.3 Å². The van der Waals surface area contributed by atoms with Gasteiger partial charge >= 0.3 is 13.0 Å². The third kappa shape index (κ3) is 13.8. The third-order valence-corrected chi connectivity index (χ3v) is 4.80. The summed E-state index contributed by atoms with van der Waals surface area (Å²) in [6.45, 7) is 8.79. The first-order chi connectivity index (χ1) is 18.1. The number of rotatable bonds is 7. The van der Waals surface area contributed by atoms with Crippen LogP contribution in [0.2, 0.25) is 0 Å². The van der Waals surface area contributed by atoms with Gasteiger partial charge in [0, 0.05) is 29.7 Å². The monoisotopic (exact) mass is 563 g/mol. The highest BCUT2D eigenvalue weighted by atomic mass is 19.4. The lowest BCUT2D eigenvalue weighted by molar-refractivity contribution is -0.276. The molecule has 3 aromatic heterocycles. The zero-order valence-corrected chi connectivity index (χ0v) is 22.4. The van der Waals surface area contributed by atoms with E-state index in [0.29, 0.717) is 5.69 Å². The maximum absolute atomic E-state index is 12.1. The summed E-state index contributed by atoms with van der Waals surface area (Å²) in [4.78, 5) is 11.3. The zero-order valence-electron chi connectivity index (χ0n) is 22.4. The number of nitrogens with zero attached hydrogens (tertiary/aromatic N) is 3. The van der Waals surface area contributed by atoms with Crippen LogP contribution in [0, 0.1) is 0 Å². The molecule has 0 aliphatic carbocycles. The van der Waals surface area contributed by atoms with E-state index in [1.54, 1.807) is 30.3 Å². The summed E-state index contributed by atoms with van der Waals surface area (Å²) in [5.41, 5.74) is 2.20. The number of hydrogen-bond donors (Lipinski definition) is 0. The Morgan fingerprint density at radius 3 is 1.62 bits per heavy atom. The van der Waals surface area contributed by atoms with E-state index in [2.05, 4.69) is 24.4 Å². The summed E-state index contributed by atoms with van der Waals surface area (Å²) >= 11 is 0. The highest BCUT2D eigenvalue weighted by Crippen LogP contribution is 2.22. The molecule has 5 nitrogen and oxygen atoms in total. The van der Waals surface area contributed by atoms with Crippen molar-refractivity contribution in [1.82, 2.24) is 15.0 Å². The first kappa shape index (κ1) is 33.6. The molecule has 3 rings (SSSR count). The van der Waals surface area contributed by atoms with Gasteiger partial charge in [0.05, 0.1) is 0 Å². The van der Waals surface area contributed by atoms with Crippen LogP contribution in [0.15, 0.2) is 54.7 Å². The van der Waals surface area contributed by atoms with Gasteiger partial charge in [-0.25, -0.2) is 18.7 Å². The van der Waals surface area contributed by atoms with Crippen LogP contribution in [0.5, 0.6) is 11.8 Å². The fourth-order valence-electron chi connectivity index (χ4n) is 2.73. The summed E-state index contributed by atoms with van der Waals surface area (Å²) in [7, 11) is 0. The van der Waals surface area contributed by atoms with Gasteiger partial charge < -0.3 is 9.47 Å². The van der Waals surface area contributed by atoms with E-state index in [9.17, 15) is 30.7 Å². The van der Waals surface area contributed by atoms with Crippen LogP contribution in [0.4, 0.5) is 30.7 Å². The molecule has 39 heavy (non-hydrogen) atoms. The van der Waals surface area contributed by atoms with Crippen LogP contribution in [0.3, 0.4) is 0 Å². The quantitative estimate of drug-likeness (QED) is 0.269. The fourth-order valence-corrected chi connectivity index (χ4v) is 2.73. The molecule has 0 atom stereocenters. The van der Waals surface area contributed by atoms with E-state index in [1.807, 2.05) is 41.5 Å². The second-order valence-corrected chi connectivity index (χ2v) is 9.01. The fraction of sp³-hybridized carbons (Fsp3) is 0.444. The zero-order chi connectivity index (χ0) is 29.8. The van der Waals surface area contributed by atoms with Crippen LogP contribution in [-0.4, -0.2) is 27.9 Å². The molecular weight excluding hydrogens is 531 g/mol. The lowest BCUT2D eigenvalue weighted by Gasteiger charge is -2.09. The van der Waals surface area contributed by atoms with Gasteiger partial charge in [-0.2, -0.15) is 8.78 Å². The molecule has 0 amide bonds. The molecular formula is C27H32F7N3O2. The van der Waals surface area contributed by atoms with Gasteiger partial charge in [-0.05, 0) is 41.5 Å². The molecule has 0 spiro atoms. The highest BCUT2D eigenvalue weighted by Gasteiger charge is 2.31. The van der Waals surface area contributed by atoms with Crippen molar-refractivity contribution >= 4 is 0 Å². The Hall–Kier alpha value is -3.44. The van der Waals surface area contributed by atoms with Crippen molar-refractivity contribution < 1.29 is 40.2 Å². The minimum absolute atomic E-state index is 0.0267. The third-order valence-electron chi connectivity index (χ3n) is 4.80. The number of halogens is 7. The molecule has 216 valence electrons. The Morgan fingerprint density at radius 2 is 1.18 bits per heavy atom. The number of ether oxygens (including phenoxy) is 2. The maximum Gasteiger partial charge on any atom is 0.574 e. The van der Waals surface area contributed by atoms with Crippen molar-refractivity contribution in [2.24, 2.45) is 0 Å². The van der Waals surface area contributed by atoms with Crippen LogP contribution < -0.4 is 9.47 Å². The smallest absolute Gasteiger partial charge is 0.417 e. The van der Waals surface area contributed by atoms with Crippen molar-refractivity contribution in [3.63, 3.8) is 0 Å². The van der Waals surface area contributed by atoms with E-state index in [1.165, 1.54) is 24.4 Å². The molecule has 0 saturated carbocycles. The Morgan fingerprint density at radius 1 is 0.641 bits per heavy atom. The number of pyridine rings is 3. The average molecular weight is 564 g/mol. The largest absolute Gasteiger partial charge is 0.574 e. The summed E-state index contributed by atoms with van der Waals surface area (Å²) in [6, 6.07) is 12.3. The predicted octanol–water partition coefficient (Wildman–Crippen LogP) is 9.05. The minimum Gasteiger partial charge on any atom is -0.417 e. The Labute approximate surface area is 223 Å². The van der Waals surface area contributed by atoms with Gasteiger partial charge in [0.1, 0.15) is 5.69 Å². The molecule has 3 aromatic rings. The van der Waals surface area contributed by atoms with E-state index in [4.69, 9.17) is 0 Å². The molecule has 12 heteroatoms. The van der Waals surface area contributed by atoms with Gasteiger partial charge in [-0.15, -0.1) is 13.2 Å². The van der Waals surface area contributed by atoms with Crippen molar-refractivity contribution in [1.29, 1.82) is 0 Å². The predicted molar refractivity (Wildman–Crippen MR) is 133 cm³/mol. The molecule has 0 aliphatic rings. The van der Waals surface area contributed by atoms with Gasteiger partial charge in [0.2, 0.25) is 11.8 Å². The lowest BCUT2D eigenvalue weighted by Crippen LogP contribution is -2.17. The van der Waals surface area contributed by atoms with E-state index in [-0.39, 0.29) is 29.3 Å². The van der Waals surface area contributed by atoms with Crippen molar-refractivity contribution in [2.45, 2.75) is 78.7 Å². The minimum atomic E-state index is -4.67. The SMILES string of the molecule is CC(C)c1ccc(OC(F)(F)F)nc1.CC(C)c1cccc(C(F)F)n1.CC(C)c1cccc(OC(F)F)n1. The van der Waals surface area contributed by atoms with Gasteiger partial charge in [-0.1, -0.05) is 59.7 Å². The first-order valence-electron chi connectivity index (χ1n) is 12.0. The normalized spacial score (nSPS) is 11.3. The molecule has 0 fully saturated rings. The van der Waals surface area contributed by atoms with Crippen LogP contribution in [0.25, 0.3) is 0 Å². The summed E-state index contributed by atoms with van der Waals surface area (Å²) in [5.74, 6) is 0.190. The Bertz CT molecular complexity index is 1080. The second kappa shape index (κ2) is 15.8.